The van der Waals surface area contributed by atoms with Crippen molar-refractivity contribution in [3.8, 4) is 5.75 Å². The highest BCUT2D eigenvalue weighted by molar-refractivity contribution is 5.98. The molecule has 0 bridgehead atoms. The lowest BCUT2D eigenvalue weighted by Gasteiger charge is -2.16. The number of para-hydroxylation sites is 1. The van der Waals surface area contributed by atoms with Crippen molar-refractivity contribution in [2.45, 2.75) is 0 Å². The van der Waals surface area contributed by atoms with Crippen LogP contribution in [0.3, 0.4) is 0 Å². The van der Waals surface area contributed by atoms with Gasteiger partial charge < -0.3 is 10.1 Å². The molecule has 0 unspecified atom stereocenters. The van der Waals surface area contributed by atoms with Crippen molar-refractivity contribution in [1.29, 1.82) is 0 Å². The van der Waals surface area contributed by atoms with Crippen LogP contribution >= 0.6 is 0 Å². The van der Waals surface area contributed by atoms with Crippen LogP contribution in [-0.4, -0.2) is 19.6 Å². The van der Waals surface area contributed by atoms with Gasteiger partial charge in [-0.15, -0.1) is 0 Å². The molecule has 1 aliphatic heterocycles. The number of benzene rings is 1. The van der Waals surface area contributed by atoms with E-state index in [1.54, 1.807) is 7.05 Å². The highest BCUT2D eigenvalue weighted by Gasteiger charge is 2.15. The topological polar surface area (TPSA) is 38.3 Å². The SMILES string of the molecule is CNC(=O)C1=Cc2ccccc2OC1. The van der Waals surface area contributed by atoms with Crippen molar-refractivity contribution >= 4 is 12.0 Å². The summed E-state index contributed by atoms with van der Waals surface area (Å²) in [5.74, 6) is 0.750. The Balaban J connectivity index is 2.36. The number of amides is 1. The van der Waals surface area contributed by atoms with E-state index in [4.69, 9.17) is 4.74 Å². The number of ether oxygens (including phenoxy) is 1. The van der Waals surface area contributed by atoms with Crippen LogP contribution in [0.15, 0.2) is 29.8 Å². The smallest absolute Gasteiger partial charge is 0.250 e. The van der Waals surface area contributed by atoms with Crippen LogP contribution in [0.2, 0.25) is 0 Å². The molecule has 3 nitrogen and oxygen atoms in total. The maximum Gasteiger partial charge on any atom is 0.250 e. The summed E-state index contributed by atoms with van der Waals surface area (Å²) in [6.45, 7) is 0.344. The van der Waals surface area contributed by atoms with Crippen LogP contribution in [0.1, 0.15) is 5.56 Å². The lowest BCUT2D eigenvalue weighted by Crippen LogP contribution is -2.25. The van der Waals surface area contributed by atoms with Gasteiger partial charge in [-0.3, -0.25) is 4.79 Å². The molecule has 1 heterocycles. The van der Waals surface area contributed by atoms with E-state index in [1.807, 2.05) is 30.3 Å². The lowest BCUT2D eigenvalue weighted by atomic mass is 10.1. The van der Waals surface area contributed by atoms with E-state index in [1.165, 1.54) is 0 Å². The highest BCUT2D eigenvalue weighted by atomic mass is 16.5. The first-order valence-corrected chi connectivity index (χ1v) is 4.46. The zero-order chi connectivity index (χ0) is 9.97. The predicted octanol–water partition coefficient (Wildman–Crippen LogP) is 1.21. The summed E-state index contributed by atoms with van der Waals surface area (Å²) in [6, 6.07) is 7.66. The summed E-state index contributed by atoms with van der Waals surface area (Å²) < 4.78 is 5.43. The second-order valence-corrected chi connectivity index (χ2v) is 3.08. The van der Waals surface area contributed by atoms with Crippen molar-refractivity contribution in [2.24, 2.45) is 0 Å². The first-order chi connectivity index (χ1) is 6.81. The van der Waals surface area contributed by atoms with Gasteiger partial charge in [0, 0.05) is 12.6 Å². The van der Waals surface area contributed by atoms with Gasteiger partial charge in [0.15, 0.2) is 0 Å². The van der Waals surface area contributed by atoms with Gasteiger partial charge >= 0.3 is 0 Å². The average Bonchev–Trinajstić information content (AvgIpc) is 2.27. The van der Waals surface area contributed by atoms with Crippen molar-refractivity contribution in [2.75, 3.05) is 13.7 Å². The van der Waals surface area contributed by atoms with E-state index in [9.17, 15) is 4.79 Å². The lowest BCUT2D eigenvalue weighted by molar-refractivity contribution is -0.117. The summed E-state index contributed by atoms with van der Waals surface area (Å²) in [4.78, 5) is 11.3. The minimum atomic E-state index is -0.0838. The Kier molecular flexibility index (Phi) is 2.23. The summed E-state index contributed by atoms with van der Waals surface area (Å²) in [5.41, 5.74) is 1.61. The third-order valence-corrected chi connectivity index (χ3v) is 2.15. The van der Waals surface area contributed by atoms with Crippen molar-refractivity contribution in [3.63, 3.8) is 0 Å². The van der Waals surface area contributed by atoms with Gasteiger partial charge in [-0.2, -0.15) is 0 Å². The Morgan fingerprint density at radius 2 is 2.21 bits per heavy atom. The van der Waals surface area contributed by atoms with E-state index in [-0.39, 0.29) is 5.91 Å². The van der Waals surface area contributed by atoms with Crippen LogP contribution in [0.25, 0.3) is 6.08 Å². The fraction of sp³-hybridized carbons (Fsp3) is 0.182. The van der Waals surface area contributed by atoms with E-state index in [2.05, 4.69) is 5.32 Å². The summed E-state index contributed by atoms with van der Waals surface area (Å²) in [6.07, 6.45) is 1.86. The third-order valence-electron chi connectivity index (χ3n) is 2.15. The first kappa shape index (κ1) is 8.81. The average molecular weight is 189 g/mol. The van der Waals surface area contributed by atoms with Crippen LogP contribution < -0.4 is 10.1 Å². The van der Waals surface area contributed by atoms with Crippen molar-refractivity contribution in [1.82, 2.24) is 5.32 Å². The Morgan fingerprint density at radius 3 is 3.00 bits per heavy atom. The second kappa shape index (κ2) is 3.54. The quantitative estimate of drug-likeness (QED) is 0.721. The Morgan fingerprint density at radius 1 is 1.43 bits per heavy atom. The number of rotatable bonds is 1. The van der Waals surface area contributed by atoms with E-state index in [0.29, 0.717) is 12.2 Å². The standard InChI is InChI=1S/C11H11NO2/c1-12-11(13)9-6-8-4-2-3-5-10(8)14-7-9/h2-6H,7H2,1H3,(H,12,13). The molecule has 72 valence electrons. The molecule has 0 atom stereocenters. The minimum Gasteiger partial charge on any atom is -0.488 e. The minimum absolute atomic E-state index is 0.0838. The van der Waals surface area contributed by atoms with Gasteiger partial charge in [0.1, 0.15) is 12.4 Å². The summed E-state index contributed by atoms with van der Waals surface area (Å²) in [7, 11) is 1.61. The third kappa shape index (κ3) is 1.48. The normalized spacial score (nSPS) is 13.6. The Labute approximate surface area is 82.4 Å². The Bertz CT molecular complexity index is 396. The van der Waals surface area contributed by atoms with Gasteiger partial charge in [-0.25, -0.2) is 0 Å². The summed E-state index contributed by atoms with van der Waals surface area (Å²) >= 11 is 0. The molecule has 1 aliphatic rings. The van der Waals surface area contributed by atoms with Gasteiger partial charge in [-0.1, -0.05) is 18.2 Å². The van der Waals surface area contributed by atoms with E-state index >= 15 is 0 Å². The van der Waals surface area contributed by atoms with E-state index in [0.717, 1.165) is 11.3 Å². The van der Waals surface area contributed by atoms with Gasteiger partial charge in [0.25, 0.3) is 0 Å². The second-order valence-electron chi connectivity index (χ2n) is 3.08. The largest absolute Gasteiger partial charge is 0.488 e. The molecular weight excluding hydrogens is 178 g/mol. The van der Waals surface area contributed by atoms with Crippen LogP contribution in [-0.2, 0) is 4.79 Å². The molecule has 14 heavy (non-hydrogen) atoms. The molecule has 1 N–H and O–H groups in total. The van der Waals surface area contributed by atoms with Crippen molar-refractivity contribution in [3.05, 3.63) is 35.4 Å². The molecular formula is C11H11NO2. The highest BCUT2D eigenvalue weighted by Crippen LogP contribution is 2.25. The maximum atomic E-state index is 11.3. The zero-order valence-corrected chi connectivity index (χ0v) is 7.91. The Hall–Kier alpha value is -1.77. The predicted molar refractivity (Wildman–Crippen MR) is 54.0 cm³/mol. The number of fused-ring (bicyclic) bond motifs is 1. The number of hydrogen-bond acceptors (Lipinski definition) is 2. The van der Waals surface area contributed by atoms with Gasteiger partial charge in [0.05, 0.1) is 5.57 Å². The molecule has 1 amide bonds. The molecule has 0 fully saturated rings. The van der Waals surface area contributed by atoms with Gasteiger partial charge in [0.2, 0.25) is 5.91 Å². The molecule has 0 radical (unpaired) electrons. The molecule has 0 saturated carbocycles. The molecule has 2 rings (SSSR count). The first-order valence-electron chi connectivity index (χ1n) is 4.46. The number of carbonyl (C=O) groups is 1. The number of likely N-dealkylation sites (N-methyl/N-ethyl adjacent to an activating group) is 1. The molecule has 0 saturated heterocycles. The molecule has 1 aromatic carbocycles. The molecule has 1 aromatic rings. The van der Waals surface area contributed by atoms with Crippen molar-refractivity contribution < 1.29 is 9.53 Å². The zero-order valence-electron chi connectivity index (χ0n) is 7.91. The maximum absolute atomic E-state index is 11.3. The van der Waals surface area contributed by atoms with Crippen LogP contribution in [0.4, 0.5) is 0 Å². The fourth-order valence-corrected chi connectivity index (χ4v) is 1.41. The fourth-order valence-electron chi connectivity index (χ4n) is 1.41. The van der Waals surface area contributed by atoms with Gasteiger partial charge in [-0.05, 0) is 12.1 Å². The molecule has 0 aliphatic carbocycles. The number of hydrogen-bond donors (Lipinski definition) is 1. The van der Waals surface area contributed by atoms with Crippen LogP contribution in [0.5, 0.6) is 5.75 Å². The molecule has 0 aromatic heterocycles. The molecule has 3 heteroatoms. The summed E-state index contributed by atoms with van der Waals surface area (Å²) in [5, 5.41) is 2.58. The van der Waals surface area contributed by atoms with Crippen LogP contribution in [0, 0.1) is 0 Å². The molecule has 0 spiro atoms. The van der Waals surface area contributed by atoms with E-state index < -0.39 is 0 Å². The number of carbonyl (C=O) groups excluding carboxylic acids is 1. The monoisotopic (exact) mass is 189 g/mol. The number of nitrogens with one attached hydrogen (secondary N) is 1.